The van der Waals surface area contributed by atoms with Crippen molar-refractivity contribution in [1.82, 2.24) is 4.90 Å². The lowest BCUT2D eigenvalue weighted by atomic mass is 9.95. The molecule has 1 heterocycles. The van der Waals surface area contributed by atoms with Gasteiger partial charge < -0.3 is 9.64 Å². The average molecular weight is 279 g/mol. The molecule has 4 heteroatoms. The Balaban J connectivity index is 1.83. The molecule has 3 nitrogen and oxygen atoms in total. The van der Waals surface area contributed by atoms with Crippen molar-refractivity contribution in [3.05, 3.63) is 35.6 Å². The zero-order valence-electron chi connectivity index (χ0n) is 12.1. The van der Waals surface area contributed by atoms with Crippen molar-refractivity contribution < 1.29 is 13.9 Å². The molecule has 1 fully saturated rings. The van der Waals surface area contributed by atoms with E-state index in [0.29, 0.717) is 17.9 Å². The maximum absolute atomic E-state index is 12.8. The highest BCUT2D eigenvalue weighted by Crippen LogP contribution is 2.19. The number of ketones is 1. The fourth-order valence-corrected chi connectivity index (χ4v) is 2.65. The summed E-state index contributed by atoms with van der Waals surface area (Å²) in [7, 11) is 1.74. The second-order valence-corrected chi connectivity index (χ2v) is 5.52. The summed E-state index contributed by atoms with van der Waals surface area (Å²) in [6.45, 7) is 4.84. The number of carbonyl (C=O) groups excluding carboxylic acids is 1. The molecule has 0 aliphatic carbocycles. The monoisotopic (exact) mass is 279 g/mol. The first-order valence-electron chi connectivity index (χ1n) is 7.14. The third-order valence-corrected chi connectivity index (χ3v) is 4.10. The molecule has 0 spiro atoms. The largest absolute Gasteiger partial charge is 0.380 e. The number of carbonyl (C=O) groups is 1. The Hall–Kier alpha value is -1.26. The number of hydrogen-bond acceptors (Lipinski definition) is 3. The van der Waals surface area contributed by atoms with E-state index in [1.54, 1.807) is 19.2 Å². The molecule has 0 N–H and O–H groups in total. The van der Waals surface area contributed by atoms with E-state index in [2.05, 4.69) is 11.8 Å². The summed E-state index contributed by atoms with van der Waals surface area (Å²) < 4.78 is 18.3. The van der Waals surface area contributed by atoms with Gasteiger partial charge in [-0.15, -0.1) is 0 Å². The maximum atomic E-state index is 12.8. The van der Waals surface area contributed by atoms with Crippen molar-refractivity contribution in [3.8, 4) is 0 Å². The zero-order valence-corrected chi connectivity index (χ0v) is 12.1. The Kier molecular flexibility index (Phi) is 5.26. The van der Waals surface area contributed by atoms with Gasteiger partial charge in [0.1, 0.15) is 5.82 Å². The number of Topliss-reactive ketones (excluding diaryl/α,β-unsaturated/α-hetero) is 1. The molecule has 0 bridgehead atoms. The van der Waals surface area contributed by atoms with E-state index in [9.17, 15) is 9.18 Å². The molecule has 2 rings (SSSR count). The highest BCUT2D eigenvalue weighted by molar-refractivity contribution is 5.96. The number of likely N-dealkylation sites (tertiary alicyclic amines) is 1. The quantitative estimate of drug-likeness (QED) is 0.776. The van der Waals surface area contributed by atoms with E-state index >= 15 is 0 Å². The number of benzene rings is 1. The number of hydrogen-bond donors (Lipinski definition) is 0. The SMILES string of the molecule is COC1CN(CCC(=O)c2ccc(F)cc2)CCC1C. The smallest absolute Gasteiger partial charge is 0.164 e. The first-order valence-corrected chi connectivity index (χ1v) is 7.14. The predicted octanol–water partition coefficient (Wildman–Crippen LogP) is 2.76. The molecule has 0 aromatic heterocycles. The van der Waals surface area contributed by atoms with Gasteiger partial charge in [-0.25, -0.2) is 4.39 Å². The van der Waals surface area contributed by atoms with Gasteiger partial charge in [0.05, 0.1) is 6.10 Å². The Bertz CT molecular complexity index is 446. The third kappa shape index (κ3) is 3.87. The van der Waals surface area contributed by atoms with Crippen LogP contribution in [0.25, 0.3) is 0 Å². The van der Waals surface area contributed by atoms with Crippen LogP contribution in [0.3, 0.4) is 0 Å². The first kappa shape index (κ1) is 15.1. The van der Waals surface area contributed by atoms with Gasteiger partial charge >= 0.3 is 0 Å². The van der Waals surface area contributed by atoms with Crippen molar-refractivity contribution in [2.45, 2.75) is 25.9 Å². The molecule has 110 valence electrons. The lowest BCUT2D eigenvalue weighted by Gasteiger charge is -2.36. The molecule has 2 atom stereocenters. The first-order chi connectivity index (χ1) is 9.60. The molecule has 2 unspecified atom stereocenters. The fourth-order valence-electron chi connectivity index (χ4n) is 2.65. The highest BCUT2D eigenvalue weighted by atomic mass is 19.1. The van der Waals surface area contributed by atoms with Gasteiger partial charge in [0.2, 0.25) is 0 Å². The molecule has 0 amide bonds. The van der Waals surface area contributed by atoms with E-state index in [-0.39, 0.29) is 17.7 Å². The van der Waals surface area contributed by atoms with E-state index in [4.69, 9.17) is 4.74 Å². The van der Waals surface area contributed by atoms with Gasteiger partial charge in [0.25, 0.3) is 0 Å². The van der Waals surface area contributed by atoms with Crippen LogP contribution in [0.4, 0.5) is 4.39 Å². The molecule has 0 radical (unpaired) electrons. The van der Waals surface area contributed by atoms with Crippen molar-refractivity contribution >= 4 is 5.78 Å². The Labute approximate surface area is 119 Å². The molecular weight excluding hydrogens is 257 g/mol. The number of rotatable bonds is 5. The van der Waals surface area contributed by atoms with Crippen LogP contribution in [0, 0.1) is 11.7 Å². The number of methoxy groups -OCH3 is 1. The van der Waals surface area contributed by atoms with Crippen molar-refractivity contribution in [2.75, 3.05) is 26.7 Å². The standard InChI is InChI=1S/C16H22FNO2/c1-12-7-9-18(11-16(12)20-2)10-8-15(19)13-3-5-14(17)6-4-13/h3-6,12,16H,7-11H2,1-2H3. The second-order valence-electron chi connectivity index (χ2n) is 5.52. The molecular formula is C16H22FNO2. The molecule has 1 aliphatic rings. The van der Waals surface area contributed by atoms with Crippen molar-refractivity contribution in [2.24, 2.45) is 5.92 Å². The molecule has 1 aliphatic heterocycles. The average Bonchev–Trinajstić information content (AvgIpc) is 2.46. The number of nitrogens with zero attached hydrogens (tertiary/aromatic N) is 1. The topological polar surface area (TPSA) is 29.5 Å². The van der Waals surface area contributed by atoms with E-state index < -0.39 is 0 Å². The number of halogens is 1. The van der Waals surface area contributed by atoms with E-state index in [1.807, 2.05) is 0 Å². The van der Waals surface area contributed by atoms with E-state index in [1.165, 1.54) is 12.1 Å². The Morgan fingerprint density at radius 2 is 2.10 bits per heavy atom. The van der Waals surface area contributed by atoms with Crippen LogP contribution in [0.15, 0.2) is 24.3 Å². The molecule has 20 heavy (non-hydrogen) atoms. The van der Waals surface area contributed by atoms with Crippen LogP contribution in [-0.2, 0) is 4.74 Å². The summed E-state index contributed by atoms with van der Waals surface area (Å²) in [6.07, 6.45) is 1.82. The minimum atomic E-state index is -0.311. The van der Waals surface area contributed by atoms with Crippen molar-refractivity contribution in [1.29, 1.82) is 0 Å². The normalized spacial score (nSPS) is 23.8. The molecule has 0 saturated carbocycles. The lowest BCUT2D eigenvalue weighted by Crippen LogP contribution is -2.44. The third-order valence-electron chi connectivity index (χ3n) is 4.10. The summed E-state index contributed by atoms with van der Waals surface area (Å²) in [5.74, 6) is 0.330. The molecule has 1 aromatic rings. The van der Waals surface area contributed by atoms with Crippen LogP contribution < -0.4 is 0 Å². The van der Waals surface area contributed by atoms with Gasteiger partial charge in [-0.3, -0.25) is 4.79 Å². The lowest BCUT2D eigenvalue weighted by molar-refractivity contribution is -0.00479. The minimum absolute atomic E-state index is 0.0672. The van der Waals surface area contributed by atoms with Gasteiger partial charge in [-0.2, -0.15) is 0 Å². The van der Waals surface area contributed by atoms with Crippen LogP contribution in [0.5, 0.6) is 0 Å². The summed E-state index contributed by atoms with van der Waals surface area (Å²) in [6, 6.07) is 5.76. The Morgan fingerprint density at radius 3 is 2.75 bits per heavy atom. The van der Waals surface area contributed by atoms with Gasteiger partial charge in [0.15, 0.2) is 5.78 Å². The maximum Gasteiger partial charge on any atom is 0.164 e. The summed E-state index contributed by atoms with van der Waals surface area (Å²) >= 11 is 0. The summed E-state index contributed by atoms with van der Waals surface area (Å²) in [5, 5.41) is 0. The number of piperidine rings is 1. The van der Waals surface area contributed by atoms with Crippen LogP contribution in [0.1, 0.15) is 30.1 Å². The van der Waals surface area contributed by atoms with Gasteiger partial charge in [-0.05, 0) is 43.1 Å². The summed E-state index contributed by atoms with van der Waals surface area (Å²) in [4.78, 5) is 14.3. The van der Waals surface area contributed by atoms with E-state index in [0.717, 1.165) is 26.1 Å². The molecule has 1 saturated heterocycles. The van der Waals surface area contributed by atoms with Crippen LogP contribution >= 0.6 is 0 Å². The predicted molar refractivity (Wildman–Crippen MR) is 76.4 cm³/mol. The van der Waals surface area contributed by atoms with Crippen LogP contribution in [-0.4, -0.2) is 43.5 Å². The Morgan fingerprint density at radius 1 is 1.40 bits per heavy atom. The zero-order chi connectivity index (χ0) is 14.5. The minimum Gasteiger partial charge on any atom is -0.380 e. The van der Waals surface area contributed by atoms with Crippen molar-refractivity contribution in [3.63, 3.8) is 0 Å². The number of ether oxygens (including phenoxy) is 1. The highest BCUT2D eigenvalue weighted by Gasteiger charge is 2.25. The van der Waals surface area contributed by atoms with Gasteiger partial charge in [-0.1, -0.05) is 6.92 Å². The second kappa shape index (κ2) is 6.95. The fraction of sp³-hybridized carbons (Fsp3) is 0.562. The van der Waals surface area contributed by atoms with Gasteiger partial charge in [0, 0.05) is 32.2 Å². The van der Waals surface area contributed by atoms with Crippen LogP contribution in [0.2, 0.25) is 0 Å². The molecule has 1 aromatic carbocycles. The summed E-state index contributed by atoms with van der Waals surface area (Å²) in [5.41, 5.74) is 0.583.